The van der Waals surface area contributed by atoms with Crippen LogP contribution in [0, 0.1) is 12.7 Å². The molecule has 0 aromatic heterocycles. The van der Waals surface area contributed by atoms with E-state index in [2.05, 4.69) is 5.32 Å². The molecule has 0 bridgehead atoms. The molecule has 2 rings (SSSR count). The number of hydrogen-bond donors (Lipinski definition) is 1. The quantitative estimate of drug-likeness (QED) is 0.927. The summed E-state index contributed by atoms with van der Waals surface area (Å²) in [5.74, 6) is -0.522. The van der Waals surface area contributed by atoms with E-state index in [0.29, 0.717) is 11.6 Å². The van der Waals surface area contributed by atoms with E-state index >= 15 is 0 Å². The van der Waals surface area contributed by atoms with Crippen molar-refractivity contribution in [2.45, 2.75) is 49.6 Å². The molecule has 0 radical (unpaired) electrons. The molecule has 21 heavy (non-hydrogen) atoms. The molecule has 0 amide bonds. The highest BCUT2D eigenvalue weighted by atomic mass is 32.2. The number of halogens is 1. The van der Waals surface area contributed by atoms with Crippen molar-refractivity contribution in [2.75, 3.05) is 14.1 Å². The SMILES string of the molecule is CNC1CCC(N(C)S(=O)(=O)c2cc(F)ccc2C)CC1. The minimum Gasteiger partial charge on any atom is -0.317 e. The fraction of sp³-hybridized carbons (Fsp3) is 0.600. The molecule has 1 aliphatic rings. The topological polar surface area (TPSA) is 49.4 Å². The molecule has 1 aromatic carbocycles. The third-order valence-electron chi connectivity index (χ3n) is 4.43. The first-order valence-corrected chi connectivity index (χ1v) is 8.71. The molecule has 1 aromatic rings. The predicted octanol–water partition coefficient (Wildman–Crippen LogP) is 2.29. The fourth-order valence-corrected chi connectivity index (χ4v) is 4.58. The van der Waals surface area contributed by atoms with Crippen molar-refractivity contribution in [3.8, 4) is 0 Å². The smallest absolute Gasteiger partial charge is 0.243 e. The highest BCUT2D eigenvalue weighted by molar-refractivity contribution is 7.89. The lowest BCUT2D eigenvalue weighted by atomic mass is 9.91. The third kappa shape index (κ3) is 3.44. The van der Waals surface area contributed by atoms with Crippen LogP contribution in [0.2, 0.25) is 0 Å². The largest absolute Gasteiger partial charge is 0.317 e. The second-order valence-corrected chi connectivity index (χ2v) is 7.69. The van der Waals surface area contributed by atoms with Gasteiger partial charge in [-0.25, -0.2) is 12.8 Å². The molecule has 0 spiro atoms. The molecular formula is C15H23FN2O2S. The maximum atomic E-state index is 13.4. The van der Waals surface area contributed by atoms with Crippen LogP contribution < -0.4 is 5.32 Å². The minimum atomic E-state index is -3.64. The molecule has 1 N–H and O–H groups in total. The minimum absolute atomic E-state index is 0.0118. The van der Waals surface area contributed by atoms with Gasteiger partial charge in [0.05, 0.1) is 4.90 Å². The Hall–Kier alpha value is -0.980. The monoisotopic (exact) mass is 314 g/mol. The summed E-state index contributed by atoms with van der Waals surface area (Å²) < 4.78 is 40.2. The van der Waals surface area contributed by atoms with E-state index in [9.17, 15) is 12.8 Å². The Morgan fingerprint density at radius 1 is 1.24 bits per heavy atom. The van der Waals surface area contributed by atoms with E-state index in [1.807, 2.05) is 7.05 Å². The zero-order valence-electron chi connectivity index (χ0n) is 12.8. The summed E-state index contributed by atoms with van der Waals surface area (Å²) in [6.45, 7) is 1.69. The van der Waals surface area contributed by atoms with Crippen molar-refractivity contribution in [2.24, 2.45) is 0 Å². The van der Waals surface area contributed by atoms with Crippen molar-refractivity contribution in [1.29, 1.82) is 0 Å². The molecule has 1 fully saturated rings. The van der Waals surface area contributed by atoms with Crippen molar-refractivity contribution in [1.82, 2.24) is 9.62 Å². The van der Waals surface area contributed by atoms with Crippen LogP contribution in [0.1, 0.15) is 31.2 Å². The maximum Gasteiger partial charge on any atom is 0.243 e. The zero-order valence-corrected chi connectivity index (χ0v) is 13.6. The Morgan fingerprint density at radius 3 is 2.43 bits per heavy atom. The van der Waals surface area contributed by atoms with Gasteiger partial charge in [0.15, 0.2) is 0 Å². The van der Waals surface area contributed by atoms with Gasteiger partial charge in [-0.05, 0) is 57.4 Å². The molecule has 1 aliphatic carbocycles. The molecule has 6 heteroatoms. The van der Waals surface area contributed by atoms with Gasteiger partial charge in [-0.3, -0.25) is 0 Å². The Morgan fingerprint density at radius 2 is 1.86 bits per heavy atom. The van der Waals surface area contributed by atoms with E-state index in [4.69, 9.17) is 0 Å². The molecule has 0 heterocycles. The van der Waals surface area contributed by atoms with Crippen molar-refractivity contribution < 1.29 is 12.8 Å². The number of hydrogen-bond acceptors (Lipinski definition) is 3. The van der Waals surface area contributed by atoms with E-state index in [1.165, 1.54) is 16.4 Å². The lowest BCUT2D eigenvalue weighted by molar-refractivity contribution is 0.255. The third-order valence-corrected chi connectivity index (χ3v) is 6.48. The Balaban J connectivity index is 2.21. The van der Waals surface area contributed by atoms with Crippen LogP contribution in [0.15, 0.2) is 23.1 Å². The van der Waals surface area contributed by atoms with E-state index < -0.39 is 15.8 Å². The molecule has 4 nitrogen and oxygen atoms in total. The van der Waals surface area contributed by atoms with Crippen LogP contribution in [-0.4, -0.2) is 38.9 Å². The van der Waals surface area contributed by atoms with Crippen LogP contribution in [0.4, 0.5) is 4.39 Å². The summed E-state index contributed by atoms with van der Waals surface area (Å²) in [6, 6.07) is 4.36. The van der Waals surface area contributed by atoms with Crippen molar-refractivity contribution in [3.05, 3.63) is 29.6 Å². The van der Waals surface area contributed by atoms with Crippen molar-refractivity contribution >= 4 is 10.0 Å². The lowest BCUT2D eigenvalue weighted by Crippen LogP contribution is -2.42. The van der Waals surface area contributed by atoms with Crippen LogP contribution in [0.3, 0.4) is 0 Å². The number of nitrogens with one attached hydrogen (secondary N) is 1. The van der Waals surface area contributed by atoms with Crippen LogP contribution in [0.5, 0.6) is 0 Å². The summed E-state index contributed by atoms with van der Waals surface area (Å²) in [6.07, 6.45) is 3.58. The van der Waals surface area contributed by atoms with Gasteiger partial charge in [-0.1, -0.05) is 6.07 Å². The molecule has 0 aliphatic heterocycles. The number of benzene rings is 1. The van der Waals surface area contributed by atoms with Crippen LogP contribution >= 0.6 is 0 Å². The second kappa shape index (κ2) is 6.42. The average Bonchev–Trinajstić information content (AvgIpc) is 2.49. The first-order valence-electron chi connectivity index (χ1n) is 7.27. The normalized spacial score (nSPS) is 23.5. The number of sulfonamides is 1. The standard InChI is InChI=1S/C15H23FN2O2S/c1-11-4-5-12(16)10-15(11)21(19,20)18(3)14-8-6-13(17-2)7-9-14/h4-5,10,13-14,17H,6-9H2,1-3H3. The molecule has 0 unspecified atom stereocenters. The zero-order chi connectivity index (χ0) is 15.6. The van der Waals surface area contributed by atoms with Gasteiger partial charge >= 0.3 is 0 Å². The first kappa shape index (κ1) is 16.4. The highest BCUT2D eigenvalue weighted by Gasteiger charge is 2.32. The number of rotatable bonds is 4. The van der Waals surface area contributed by atoms with E-state index in [-0.39, 0.29) is 10.9 Å². The van der Waals surface area contributed by atoms with Crippen molar-refractivity contribution in [3.63, 3.8) is 0 Å². The van der Waals surface area contributed by atoms with Gasteiger partial charge < -0.3 is 5.32 Å². The van der Waals surface area contributed by atoms with Gasteiger partial charge in [0.2, 0.25) is 10.0 Å². The highest BCUT2D eigenvalue weighted by Crippen LogP contribution is 2.28. The van der Waals surface area contributed by atoms with Gasteiger partial charge in [0, 0.05) is 19.1 Å². The fourth-order valence-electron chi connectivity index (χ4n) is 2.93. The predicted molar refractivity (Wildman–Crippen MR) is 81.2 cm³/mol. The first-order chi connectivity index (χ1) is 9.86. The Kier molecular flexibility index (Phi) is 5.01. The summed E-state index contributed by atoms with van der Waals surface area (Å²) in [5.41, 5.74) is 0.576. The maximum absolute atomic E-state index is 13.4. The Bertz CT molecular complexity index is 596. The Labute approximate surface area is 126 Å². The van der Waals surface area contributed by atoms with Crippen LogP contribution in [0.25, 0.3) is 0 Å². The van der Waals surface area contributed by atoms with Gasteiger partial charge in [-0.2, -0.15) is 4.31 Å². The molecule has 0 atom stereocenters. The number of nitrogens with zero attached hydrogens (tertiary/aromatic N) is 1. The van der Waals surface area contributed by atoms with Gasteiger partial charge in [0.25, 0.3) is 0 Å². The summed E-state index contributed by atoms with van der Waals surface area (Å²) >= 11 is 0. The van der Waals surface area contributed by atoms with Crippen LogP contribution in [-0.2, 0) is 10.0 Å². The lowest BCUT2D eigenvalue weighted by Gasteiger charge is -2.34. The summed E-state index contributed by atoms with van der Waals surface area (Å²) in [4.78, 5) is 0.0701. The second-order valence-electron chi connectivity index (χ2n) is 5.73. The van der Waals surface area contributed by atoms with Gasteiger partial charge in [0.1, 0.15) is 5.82 Å². The molecule has 118 valence electrons. The van der Waals surface area contributed by atoms with E-state index in [0.717, 1.165) is 31.7 Å². The average molecular weight is 314 g/mol. The van der Waals surface area contributed by atoms with E-state index in [1.54, 1.807) is 14.0 Å². The summed E-state index contributed by atoms with van der Waals surface area (Å²) in [5, 5.41) is 3.23. The molecular weight excluding hydrogens is 291 g/mol. The van der Waals surface area contributed by atoms with Gasteiger partial charge in [-0.15, -0.1) is 0 Å². The molecule has 1 saturated carbocycles. The summed E-state index contributed by atoms with van der Waals surface area (Å²) in [7, 11) is -0.110. The number of aryl methyl sites for hydroxylation is 1. The molecule has 0 saturated heterocycles.